The fourth-order valence-corrected chi connectivity index (χ4v) is 2.58. The SMILES string of the molecule is C=C(C)C=COc1ccc(C(=O)C=Cc2ccc(OCC(=O)O)c(OC)c2)c(OCC(=O)O)c1. The van der Waals surface area contributed by atoms with Gasteiger partial charge in [0.15, 0.2) is 30.5 Å². The van der Waals surface area contributed by atoms with E-state index >= 15 is 0 Å². The molecule has 0 aliphatic rings. The van der Waals surface area contributed by atoms with Crippen molar-refractivity contribution in [3.63, 3.8) is 0 Å². The molecule has 0 unspecified atom stereocenters. The summed E-state index contributed by atoms with van der Waals surface area (Å²) < 4.78 is 21.1. The normalized spacial score (nSPS) is 10.8. The van der Waals surface area contributed by atoms with E-state index in [-0.39, 0.29) is 17.1 Å². The van der Waals surface area contributed by atoms with Crippen LogP contribution in [0.25, 0.3) is 6.08 Å². The molecule has 0 fully saturated rings. The molecule has 0 spiro atoms. The van der Waals surface area contributed by atoms with E-state index in [1.165, 1.54) is 43.7 Å². The Hall–Kier alpha value is -4.53. The lowest BCUT2D eigenvalue weighted by Crippen LogP contribution is -2.11. The number of allylic oxidation sites excluding steroid dienone is 3. The van der Waals surface area contributed by atoms with E-state index in [1.54, 1.807) is 31.2 Å². The van der Waals surface area contributed by atoms with Crippen molar-refractivity contribution < 1.29 is 43.5 Å². The van der Waals surface area contributed by atoms with Crippen LogP contribution in [-0.4, -0.2) is 48.3 Å². The molecule has 2 N–H and O–H groups in total. The molecule has 9 heteroatoms. The van der Waals surface area contributed by atoms with Crippen molar-refractivity contribution >= 4 is 23.8 Å². The Morgan fingerprint density at radius 2 is 1.59 bits per heavy atom. The maximum atomic E-state index is 12.8. The van der Waals surface area contributed by atoms with E-state index in [4.69, 9.17) is 29.2 Å². The second-order valence-corrected chi connectivity index (χ2v) is 6.90. The highest BCUT2D eigenvalue weighted by Gasteiger charge is 2.14. The van der Waals surface area contributed by atoms with Gasteiger partial charge in [-0.2, -0.15) is 0 Å². The molecular weight excluding hydrogens is 444 g/mol. The van der Waals surface area contributed by atoms with Gasteiger partial charge in [0.25, 0.3) is 0 Å². The summed E-state index contributed by atoms with van der Waals surface area (Å²) >= 11 is 0. The second-order valence-electron chi connectivity index (χ2n) is 6.90. The van der Waals surface area contributed by atoms with Crippen LogP contribution in [0.1, 0.15) is 22.8 Å². The Morgan fingerprint density at radius 1 is 0.912 bits per heavy atom. The van der Waals surface area contributed by atoms with E-state index in [0.717, 1.165) is 5.57 Å². The maximum Gasteiger partial charge on any atom is 0.341 e. The number of rotatable bonds is 13. The number of aliphatic carboxylic acids is 2. The predicted molar refractivity (Wildman–Crippen MR) is 124 cm³/mol. The Labute approximate surface area is 196 Å². The topological polar surface area (TPSA) is 129 Å². The molecule has 0 bridgehead atoms. The summed E-state index contributed by atoms with van der Waals surface area (Å²) in [7, 11) is 1.41. The minimum atomic E-state index is -1.19. The Kier molecular flexibility index (Phi) is 9.45. The zero-order valence-corrected chi connectivity index (χ0v) is 18.6. The molecule has 0 radical (unpaired) electrons. The minimum Gasteiger partial charge on any atom is -0.493 e. The molecule has 2 aromatic carbocycles. The predicted octanol–water partition coefficient (Wildman–Crippen LogP) is 3.99. The van der Waals surface area contributed by atoms with Crippen LogP contribution in [0.2, 0.25) is 0 Å². The van der Waals surface area contributed by atoms with Crippen LogP contribution in [0.3, 0.4) is 0 Å². The number of carboxylic acid groups (broad SMARTS) is 2. The fourth-order valence-electron chi connectivity index (χ4n) is 2.58. The van der Waals surface area contributed by atoms with Gasteiger partial charge in [0.05, 0.1) is 18.9 Å². The lowest BCUT2D eigenvalue weighted by Gasteiger charge is -2.11. The van der Waals surface area contributed by atoms with Gasteiger partial charge in [0, 0.05) is 6.07 Å². The Morgan fingerprint density at radius 3 is 2.21 bits per heavy atom. The van der Waals surface area contributed by atoms with Crippen molar-refractivity contribution in [2.75, 3.05) is 20.3 Å². The molecular formula is C25H24O9. The zero-order chi connectivity index (χ0) is 25.1. The van der Waals surface area contributed by atoms with E-state index in [0.29, 0.717) is 17.1 Å². The summed E-state index contributed by atoms with van der Waals surface area (Å²) in [4.78, 5) is 34.4. The van der Waals surface area contributed by atoms with Gasteiger partial charge in [0.2, 0.25) is 0 Å². The van der Waals surface area contributed by atoms with E-state index in [1.807, 2.05) is 0 Å². The molecule has 2 aromatic rings. The quantitative estimate of drug-likeness (QED) is 0.194. The monoisotopic (exact) mass is 468 g/mol. The Bertz CT molecular complexity index is 1130. The smallest absolute Gasteiger partial charge is 0.341 e. The highest BCUT2D eigenvalue weighted by molar-refractivity contribution is 6.08. The summed E-state index contributed by atoms with van der Waals surface area (Å²) in [6.45, 7) is 4.36. The van der Waals surface area contributed by atoms with Crippen molar-refractivity contribution in [3.8, 4) is 23.0 Å². The number of carboxylic acids is 2. The van der Waals surface area contributed by atoms with Crippen molar-refractivity contribution in [2.45, 2.75) is 6.92 Å². The Balaban J connectivity index is 2.24. The average Bonchev–Trinajstić information content (AvgIpc) is 2.79. The first-order chi connectivity index (χ1) is 16.2. The van der Waals surface area contributed by atoms with Crippen LogP contribution < -0.4 is 18.9 Å². The minimum absolute atomic E-state index is 0.0493. The van der Waals surface area contributed by atoms with E-state index in [9.17, 15) is 14.4 Å². The number of benzene rings is 2. The van der Waals surface area contributed by atoms with Gasteiger partial charge in [-0.25, -0.2) is 9.59 Å². The first-order valence-electron chi connectivity index (χ1n) is 9.92. The van der Waals surface area contributed by atoms with Crippen LogP contribution >= 0.6 is 0 Å². The first kappa shape index (κ1) is 25.7. The number of ketones is 1. The summed E-state index contributed by atoms with van der Waals surface area (Å²) in [6, 6.07) is 9.17. The molecule has 0 heterocycles. The van der Waals surface area contributed by atoms with Gasteiger partial charge in [-0.15, -0.1) is 0 Å². The number of carbonyl (C=O) groups is 3. The molecule has 0 saturated heterocycles. The standard InChI is InChI=1S/C25H24O9/c1-16(2)10-11-32-18-6-7-19(22(13-18)34-15-25(29)30)20(26)8-4-17-5-9-21(23(12-17)31-3)33-14-24(27)28/h4-13H,1,14-15H2,2-3H3,(H,27,28)(H,29,30). The third kappa shape index (κ3) is 8.19. The van der Waals surface area contributed by atoms with E-state index in [2.05, 4.69) is 6.58 Å². The van der Waals surface area contributed by atoms with Crippen LogP contribution in [0, 0.1) is 0 Å². The number of carbonyl (C=O) groups excluding carboxylic acids is 1. The van der Waals surface area contributed by atoms with Crippen LogP contribution in [0.4, 0.5) is 0 Å². The second kappa shape index (κ2) is 12.5. The highest BCUT2D eigenvalue weighted by atomic mass is 16.5. The average molecular weight is 468 g/mol. The summed E-state index contributed by atoms with van der Waals surface area (Å²) in [5, 5.41) is 17.7. The van der Waals surface area contributed by atoms with Gasteiger partial charge in [-0.05, 0) is 48.9 Å². The molecule has 0 aromatic heterocycles. The molecule has 34 heavy (non-hydrogen) atoms. The van der Waals surface area contributed by atoms with Gasteiger partial charge >= 0.3 is 11.9 Å². The largest absolute Gasteiger partial charge is 0.493 e. The summed E-state index contributed by atoms with van der Waals surface area (Å²) in [5.41, 5.74) is 1.50. The van der Waals surface area contributed by atoms with Gasteiger partial charge in [-0.1, -0.05) is 24.3 Å². The molecule has 0 atom stereocenters. The van der Waals surface area contributed by atoms with Crippen molar-refractivity contribution in [1.82, 2.24) is 0 Å². The maximum absolute atomic E-state index is 12.8. The number of hydrogen-bond acceptors (Lipinski definition) is 7. The molecule has 178 valence electrons. The summed E-state index contributed by atoms with van der Waals surface area (Å²) in [6.07, 6.45) is 5.87. The first-order valence-corrected chi connectivity index (χ1v) is 9.92. The third-order valence-corrected chi connectivity index (χ3v) is 4.09. The van der Waals surface area contributed by atoms with Crippen molar-refractivity contribution in [3.05, 3.63) is 78.1 Å². The van der Waals surface area contributed by atoms with Crippen molar-refractivity contribution in [2.24, 2.45) is 0 Å². The lowest BCUT2D eigenvalue weighted by atomic mass is 10.1. The number of methoxy groups -OCH3 is 1. The molecule has 0 saturated carbocycles. The number of hydrogen-bond donors (Lipinski definition) is 2. The van der Waals surface area contributed by atoms with Crippen LogP contribution in [0.15, 0.2) is 67.0 Å². The fraction of sp³-hybridized carbons (Fsp3) is 0.160. The van der Waals surface area contributed by atoms with Crippen LogP contribution in [0.5, 0.6) is 23.0 Å². The molecule has 0 aliphatic heterocycles. The highest BCUT2D eigenvalue weighted by Crippen LogP contribution is 2.29. The molecule has 9 nitrogen and oxygen atoms in total. The molecule has 0 aliphatic carbocycles. The van der Waals surface area contributed by atoms with Gasteiger partial charge < -0.3 is 29.2 Å². The summed E-state index contributed by atoms with van der Waals surface area (Å²) in [5.74, 6) is -1.82. The lowest BCUT2D eigenvalue weighted by molar-refractivity contribution is -0.140. The number of ether oxygens (including phenoxy) is 4. The van der Waals surface area contributed by atoms with Crippen LogP contribution in [-0.2, 0) is 9.59 Å². The zero-order valence-electron chi connectivity index (χ0n) is 18.6. The third-order valence-electron chi connectivity index (χ3n) is 4.09. The molecule has 2 rings (SSSR count). The van der Waals surface area contributed by atoms with E-state index < -0.39 is 30.9 Å². The van der Waals surface area contributed by atoms with Gasteiger partial charge in [0.1, 0.15) is 11.5 Å². The molecule has 0 amide bonds. The van der Waals surface area contributed by atoms with Crippen molar-refractivity contribution in [1.29, 1.82) is 0 Å². The van der Waals surface area contributed by atoms with Gasteiger partial charge in [-0.3, -0.25) is 4.79 Å².